The van der Waals surface area contributed by atoms with E-state index in [1.54, 1.807) is 12.1 Å². The highest BCUT2D eigenvalue weighted by Crippen LogP contribution is 2.26. The molecule has 0 spiro atoms. The summed E-state index contributed by atoms with van der Waals surface area (Å²) in [5, 5.41) is 3.76. The molecule has 1 N–H and O–H groups in total. The summed E-state index contributed by atoms with van der Waals surface area (Å²) >= 11 is 12.1. The van der Waals surface area contributed by atoms with Gasteiger partial charge in [-0.3, -0.25) is 9.69 Å². The zero-order valence-corrected chi connectivity index (χ0v) is 21.9. The van der Waals surface area contributed by atoms with Gasteiger partial charge in [-0.2, -0.15) is 0 Å². The molecule has 1 atom stereocenters. The number of hydrogen-bond donors (Lipinski definition) is 1. The number of morpholine rings is 1. The van der Waals surface area contributed by atoms with Gasteiger partial charge in [0.15, 0.2) is 0 Å². The fraction of sp³-hybridized carbons (Fsp3) is 0.480. The van der Waals surface area contributed by atoms with E-state index in [1.165, 1.54) is 15.9 Å². The summed E-state index contributed by atoms with van der Waals surface area (Å²) in [6, 6.07) is 13.0. The highest BCUT2D eigenvalue weighted by Gasteiger charge is 2.32. The summed E-state index contributed by atoms with van der Waals surface area (Å²) < 4.78 is 32.8. The first kappa shape index (κ1) is 26.4. The van der Waals surface area contributed by atoms with E-state index in [0.717, 1.165) is 38.4 Å². The van der Waals surface area contributed by atoms with Crippen molar-refractivity contribution in [1.82, 2.24) is 14.5 Å². The van der Waals surface area contributed by atoms with Crippen molar-refractivity contribution in [3.63, 3.8) is 0 Å². The molecule has 2 aromatic carbocycles. The van der Waals surface area contributed by atoms with Crippen molar-refractivity contribution in [3.8, 4) is 0 Å². The SMILES string of the molecule is O=C(NCc1ccc(CN2CCOCC2)cc1)C1CCCN(S(=O)(=O)Cc2ccc(Cl)cc2Cl)C1. The fourth-order valence-corrected chi connectivity index (χ4v) is 6.65. The molecular weight excluding hydrogens is 509 g/mol. The number of halogens is 2. The molecule has 2 heterocycles. The molecule has 4 rings (SSSR count). The highest BCUT2D eigenvalue weighted by atomic mass is 35.5. The first-order valence-electron chi connectivity index (χ1n) is 11.9. The molecule has 0 aromatic heterocycles. The lowest BCUT2D eigenvalue weighted by atomic mass is 9.98. The summed E-state index contributed by atoms with van der Waals surface area (Å²) in [6.07, 6.45) is 1.31. The topological polar surface area (TPSA) is 79.0 Å². The van der Waals surface area contributed by atoms with Gasteiger partial charge < -0.3 is 10.1 Å². The molecule has 0 bridgehead atoms. The Bertz CT molecular complexity index is 1120. The van der Waals surface area contributed by atoms with Crippen LogP contribution in [0.2, 0.25) is 10.0 Å². The van der Waals surface area contributed by atoms with Crippen molar-refractivity contribution in [2.75, 3.05) is 39.4 Å². The lowest BCUT2D eigenvalue weighted by Crippen LogP contribution is -2.45. The number of sulfonamides is 1. The Labute approximate surface area is 217 Å². The number of amides is 1. The fourth-order valence-electron chi connectivity index (χ4n) is 4.45. The van der Waals surface area contributed by atoms with E-state index in [4.69, 9.17) is 27.9 Å². The predicted molar refractivity (Wildman–Crippen MR) is 138 cm³/mol. The Morgan fingerprint density at radius 3 is 2.46 bits per heavy atom. The zero-order valence-electron chi connectivity index (χ0n) is 19.6. The minimum atomic E-state index is -3.61. The summed E-state index contributed by atoms with van der Waals surface area (Å²) in [5.41, 5.74) is 2.75. The normalized spacial score (nSPS) is 20.0. The molecule has 190 valence electrons. The minimum Gasteiger partial charge on any atom is -0.379 e. The summed E-state index contributed by atoms with van der Waals surface area (Å²) in [5.74, 6) is -0.708. The van der Waals surface area contributed by atoms with Crippen molar-refractivity contribution >= 4 is 39.1 Å². The average Bonchev–Trinajstić information content (AvgIpc) is 2.86. The van der Waals surface area contributed by atoms with Crippen LogP contribution in [0.5, 0.6) is 0 Å². The number of ether oxygens (including phenoxy) is 1. The van der Waals surface area contributed by atoms with Crippen LogP contribution >= 0.6 is 23.2 Å². The lowest BCUT2D eigenvalue weighted by Gasteiger charge is -2.31. The van der Waals surface area contributed by atoms with Crippen molar-refractivity contribution in [3.05, 3.63) is 69.2 Å². The second-order valence-corrected chi connectivity index (χ2v) is 11.9. The molecule has 2 aromatic rings. The molecule has 0 saturated carbocycles. The monoisotopic (exact) mass is 539 g/mol. The van der Waals surface area contributed by atoms with Crippen LogP contribution in [-0.2, 0) is 38.4 Å². The second kappa shape index (κ2) is 12.0. The van der Waals surface area contributed by atoms with Gasteiger partial charge in [-0.05, 0) is 41.7 Å². The number of nitrogens with zero attached hydrogens (tertiary/aromatic N) is 2. The summed E-state index contributed by atoms with van der Waals surface area (Å²) in [4.78, 5) is 15.2. The standard InChI is InChI=1S/C25H31Cl2N3O4S/c26-23-8-7-22(24(27)14-23)18-35(32,33)30-9-1-2-21(17-30)25(31)28-15-19-3-5-20(6-4-19)16-29-10-12-34-13-11-29/h3-8,14,21H,1-2,9-13,15-18H2,(H,28,31). The van der Waals surface area contributed by atoms with Gasteiger partial charge >= 0.3 is 0 Å². The maximum absolute atomic E-state index is 13.0. The Kier molecular flexibility index (Phi) is 9.07. The van der Waals surface area contributed by atoms with Crippen molar-refractivity contribution in [2.45, 2.75) is 31.7 Å². The first-order valence-corrected chi connectivity index (χ1v) is 14.2. The Morgan fingerprint density at radius 1 is 1.03 bits per heavy atom. The van der Waals surface area contributed by atoms with E-state index in [-0.39, 0.29) is 24.1 Å². The first-order chi connectivity index (χ1) is 16.8. The second-order valence-electron chi connectivity index (χ2n) is 9.11. The third kappa shape index (κ3) is 7.41. The largest absolute Gasteiger partial charge is 0.379 e. The van der Waals surface area contributed by atoms with Gasteiger partial charge in [0.05, 0.1) is 24.9 Å². The van der Waals surface area contributed by atoms with Gasteiger partial charge in [0.25, 0.3) is 0 Å². The zero-order chi connectivity index (χ0) is 24.8. The molecule has 1 amide bonds. The number of carbonyl (C=O) groups excluding carboxylic acids is 1. The van der Waals surface area contributed by atoms with Crippen LogP contribution in [-0.4, -0.2) is 62.9 Å². The summed E-state index contributed by atoms with van der Waals surface area (Å²) in [7, 11) is -3.61. The van der Waals surface area contributed by atoms with Crippen LogP contribution in [0.15, 0.2) is 42.5 Å². The van der Waals surface area contributed by atoms with Crippen molar-refractivity contribution in [2.24, 2.45) is 5.92 Å². The molecule has 2 fully saturated rings. The Balaban J connectivity index is 1.28. The van der Waals surface area contributed by atoms with Crippen LogP contribution in [0.3, 0.4) is 0 Å². The molecule has 1 unspecified atom stereocenters. The predicted octanol–water partition coefficient (Wildman–Crippen LogP) is 3.68. The minimum absolute atomic E-state index is 0.119. The number of piperidine rings is 1. The quantitative estimate of drug-likeness (QED) is 0.553. The number of hydrogen-bond acceptors (Lipinski definition) is 5. The maximum atomic E-state index is 13.0. The number of carbonyl (C=O) groups is 1. The third-order valence-electron chi connectivity index (χ3n) is 6.50. The molecule has 2 saturated heterocycles. The molecule has 2 aliphatic rings. The highest BCUT2D eigenvalue weighted by molar-refractivity contribution is 7.88. The van der Waals surface area contributed by atoms with E-state index in [9.17, 15) is 13.2 Å². The van der Waals surface area contributed by atoms with Crippen LogP contribution in [0, 0.1) is 5.92 Å². The summed E-state index contributed by atoms with van der Waals surface area (Å²) in [6.45, 7) is 5.33. The van der Waals surface area contributed by atoms with Gasteiger partial charge in [0.1, 0.15) is 0 Å². The van der Waals surface area contributed by atoms with Crippen LogP contribution in [0.4, 0.5) is 0 Å². The van der Waals surface area contributed by atoms with Crippen LogP contribution in [0.25, 0.3) is 0 Å². The number of benzene rings is 2. The number of nitrogens with one attached hydrogen (secondary N) is 1. The Morgan fingerprint density at radius 2 is 1.74 bits per heavy atom. The lowest BCUT2D eigenvalue weighted by molar-refractivity contribution is -0.126. The molecule has 7 nitrogen and oxygen atoms in total. The smallest absolute Gasteiger partial charge is 0.224 e. The van der Waals surface area contributed by atoms with Gasteiger partial charge in [-0.15, -0.1) is 0 Å². The molecule has 10 heteroatoms. The Hall–Kier alpha value is -1.68. The van der Waals surface area contributed by atoms with Crippen molar-refractivity contribution < 1.29 is 17.9 Å². The van der Waals surface area contributed by atoms with Crippen LogP contribution in [0.1, 0.15) is 29.5 Å². The molecule has 0 aliphatic carbocycles. The van der Waals surface area contributed by atoms with Crippen LogP contribution < -0.4 is 5.32 Å². The van der Waals surface area contributed by atoms with E-state index in [2.05, 4.69) is 22.3 Å². The van der Waals surface area contributed by atoms with E-state index in [1.807, 2.05) is 12.1 Å². The molecule has 35 heavy (non-hydrogen) atoms. The van der Waals surface area contributed by atoms with Gasteiger partial charge in [0.2, 0.25) is 15.9 Å². The maximum Gasteiger partial charge on any atom is 0.224 e. The van der Waals surface area contributed by atoms with Crippen molar-refractivity contribution in [1.29, 1.82) is 0 Å². The molecule has 0 radical (unpaired) electrons. The van der Waals surface area contributed by atoms with E-state index < -0.39 is 10.0 Å². The average molecular weight is 541 g/mol. The van der Waals surface area contributed by atoms with Gasteiger partial charge in [-0.1, -0.05) is 53.5 Å². The molecule has 2 aliphatic heterocycles. The number of rotatable bonds is 8. The van der Waals surface area contributed by atoms with E-state index in [0.29, 0.717) is 41.5 Å². The van der Waals surface area contributed by atoms with Gasteiger partial charge in [0, 0.05) is 49.3 Å². The third-order valence-corrected chi connectivity index (χ3v) is 8.88. The molecular formula is C25H31Cl2N3O4S. The van der Waals surface area contributed by atoms with Gasteiger partial charge in [-0.25, -0.2) is 12.7 Å². The van der Waals surface area contributed by atoms with E-state index >= 15 is 0 Å².